The number of hydrogen-bond acceptors (Lipinski definition) is 2. The van der Waals surface area contributed by atoms with Gasteiger partial charge in [-0.15, -0.1) is 11.6 Å². The van der Waals surface area contributed by atoms with Gasteiger partial charge in [-0.25, -0.2) is 0 Å². The standard InChI is InChI=1S/C17H15ClO2/c18-12-6-8-15-7-4-5-11-17(15)20-14-13-19-16-9-2-1-3-10-16/h1-5,7,9-11H,12-14H2. The summed E-state index contributed by atoms with van der Waals surface area (Å²) in [5.41, 5.74) is 0.841. The number of alkyl halides is 1. The number of para-hydroxylation sites is 2. The zero-order chi connectivity index (χ0) is 14.0. The van der Waals surface area contributed by atoms with E-state index < -0.39 is 0 Å². The molecule has 102 valence electrons. The summed E-state index contributed by atoms with van der Waals surface area (Å²) in [6.45, 7) is 0.954. The number of halogens is 1. The predicted octanol–water partition coefficient (Wildman–Crippen LogP) is 3.73. The van der Waals surface area contributed by atoms with Gasteiger partial charge in [-0.3, -0.25) is 0 Å². The van der Waals surface area contributed by atoms with Crippen LogP contribution in [-0.4, -0.2) is 19.1 Å². The van der Waals surface area contributed by atoms with E-state index in [-0.39, 0.29) is 0 Å². The number of hydrogen-bond donors (Lipinski definition) is 0. The first-order valence-corrected chi connectivity index (χ1v) is 6.88. The van der Waals surface area contributed by atoms with E-state index in [0.717, 1.165) is 17.1 Å². The van der Waals surface area contributed by atoms with E-state index in [1.165, 1.54) is 0 Å². The summed E-state index contributed by atoms with van der Waals surface area (Å²) in [4.78, 5) is 0. The van der Waals surface area contributed by atoms with E-state index in [1.54, 1.807) is 0 Å². The molecule has 0 aliphatic rings. The minimum Gasteiger partial charge on any atom is -0.490 e. The Kier molecular flexibility index (Phi) is 5.82. The molecule has 0 amide bonds. The maximum absolute atomic E-state index is 5.69. The van der Waals surface area contributed by atoms with Crippen molar-refractivity contribution in [3.63, 3.8) is 0 Å². The molecule has 0 aromatic heterocycles. The van der Waals surface area contributed by atoms with Crippen LogP contribution in [0.5, 0.6) is 11.5 Å². The average Bonchev–Trinajstić information content (AvgIpc) is 2.51. The maximum Gasteiger partial charge on any atom is 0.135 e. The van der Waals surface area contributed by atoms with Gasteiger partial charge in [-0.2, -0.15) is 0 Å². The fourth-order valence-electron chi connectivity index (χ4n) is 1.65. The Morgan fingerprint density at radius 3 is 2.35 bits per heavy atom. The fraction of sp³-hybridized carbons (Fsp3) is 0.176. The van der Waals surface area contributed by atoms with Gasteiger partial charge in [0.25, 0.3) is 0 Å². The van der Waals surface area contributed by atoms with Crippen LogP contribution in [0.3, 0.4) is 0 Å². The van der Waals surface area contributed by atoms with Crippen molar-refractivity contribution >= 4 is 11.6 Å². The highest BCUT2D eigenvalue weighted by Crippen LogP contribution is 2.16. The molecule has 0 saturated carbocycles. The quantitative estimate of drug-likeness (QED) is 0.474. The van der Waals surface area contributed by atoms with E-state index in [0.29, 0.717) is 19.1 Å². The lowest BCUT2D eigenvalue weighted by Crippen LogP contribution is -2.09. The second-order valence-electron chi connectivity index (χ2n) is 3.94. The molecule has 0 N–H and O–H groups in total. The Morgan fingerprint density at radius 1 is 0.850 bits per heavy atom. The first-order valence-electron chi connectivity index (χ1n) is 6.34. The molecule has 0 saturated heterocycles. The third-order valence-corrected chi connectivity index (χ3v) is 2.66. The summed E-state index contributed by atoms with van der Waals surface area (Å²) in [5, 5.41) is 0. The lowest BCUT2D eigenvalue weighted by Gasteiger charge is -2.09. The molecule has 0 atom stereocenters. The van der Waals surface area contributed by atoms with Gasteiger partial charge >= 0.3 is 0 Å². The van der Waals surface area contributed by atoms with Gasteiger partial charge in [-0.1, -0.05) is 42.2 Å². The van der Waals surface area contributed by atoms with E-state index in [1.807, 2.05) is 54.6 Å². The van der Waals surface area contributed by atoms with Crippen molar-refractivity contribution in [2.75, 3.05) is 19.1 Å². The van der Waals surface area contributed by atoms with Crippen molar-refractivity contribution in [1.82, 2.24) is 0 Å². The third-order valence-electron chi connectivity index (χ3n) is 2.53. The van der Waals surface area contributed by atoms with Crippen molar-refractivity contribution in [3.05, 3.63) is 60.2 Å². The van der Waals surface area contributed by atoms with Crippen LogP contribution in [0.4, 0.5) is 0 Å². The van der Waals surface area contributed by atoms with Gasteiger partial charge in [0.05, 0.1) is 11.4 Å². The van der Waals surface area contributed by atoms with Crippen LogP contribution >= 0.6 is 11.6 Å². The Labute approximate surface area is 124 Å². The lowest BCUT2D eigenvalue weighted by atomic mass is 10.2. The Balaban J connectivity index is 1.85. The van der Waals surface area contributed by atoms with E-state index >= 15 is 0 Å². The zero-order valence-corrected chi connectivity index (χ0v) is 11.8. The topological polar surface area (TPSA) is 18.5 Å². The molecule has 0 aliphatic heterocycles. The van der Waals surface area contributed by atoms with Gasteiger partial charge in [0.2, 0.25) is 0 Å². The molecule has 2 aromatic carbocycles. The summed E-state index contributed by atoms with van der Waals surface area (Å²) >= 11 is 5.56. The molecule has 2 aromatic rings. The molecule has 2 rings (SSSR count). The minimum atomic E-state index is 0.311. The van der Waals surface area contributed by atoms with Crippen molar-refractivity contribution in [3.8, 4) is 23.3 Å². The van der Waals surface area contributed by atoms with Gasteiger partial charge in [0, 0.05) is 0 Å². The fourth-order valence-corrected chi connectivity index (χ4v) is 1.72. The third kappa shape index (κ3) is 4.53. The summed E-state index contributed by atoms with van der Waals surface area (Å²) in [6, 6.07) is 17.3. The summed E-state index contributed by atoms with van der Waals surface area (Å²) in [5.74, 6) is 7.70. The van der Waals surface area contributed by atoms with E-state index in [2.05, 4.69) is 11.8 Å². The molecule has 0 radical (unpaired) electrons. The summed E-state index contributed by atoms with van der Waals surface area (Å²) in [7, 11) is 0. The zero-order valence-electron chi connectivity index (χ0n) is 11.0. The van der Waals surface area contributed by atoms with Crippen molar-refractivity contribution in [2.45, 2.75) is 0 Å². The predicted molar refractivity (Wildman–Crippen MR) is 81.5 cm³/mol. The molecule has 0 aliphatic carbocycles. The van der Waals surface area contributed by atoms with E-state index in [4.69, 9.17) is 21.1 Å². The highest BCUT2D eigenvalue weighted by atomic mass is 35.5. The highest BCUT2D eigenvalue weighted by molar-refractivity contribution is 6.19. The molecule has 0 unspecified atom stereocenters. The highest BCUT2D eigenvalue weighted by Gasteiger charge is 2.00. The SMILES string of the molecule is ClCC#Cc1ccccc1OCCOc1ccccc1. The molecule has 2 nitrogen and oxygen atoms in total. The van der Waals surface area contributed by atoms with Crippen LogP contribution < -0.4 is 9.47 Å². The smallest absolute Gasteiger partial charge is 0.135 e. The largest absolute Gasteiger partial charge is 0.490 e. The molecular formula is C17H15ClO2. The second-order valence-corrected chi connectivity index (χ2v) is 4.21. The Morgan fingerprint density at radius 2 is 1.55 bits per heavy atom. The Bertz CT molecular complexity index is 585. The van der Waals surface area contributed by atoms with Crippen molar-refractivity contribution in [1.29, 1.82) is 0 Å². The molecular weight excluding hydrogens is 272 g/mol. The molecule has 0 spiro atoms. The van der Waals surface area contributed by atoms with Crippen LogP contribution in [0.1, 0.15) is 5.56 Å². The van der Waals surface area contributed by atoms with Crippen molar-refractivity contribution in [2.24, 2.45) is 0 Å². The molecule has 0 heterocycles. The van der Waals surface area contributed by atoms with E-state index in [9.17, 15) is 0 Å². The maximum atomic E-state index is 5.69. The minimum absolute atomic E-state index is 0.311. The average molecular weight is 287 g/mol. The number of benzene rings is 2. The number of ether oxygens (including phenoxy) is 2. The van der Waals surface area contributed by atoms with Crippen LogP contribution in [0.2, 0.25) is 0 Å². The molecule has 20 heavy (non-hydrogen) atoms. The van der Waals surface area contributed by atoms with Crippen molar-refractivity contribution < 1.29 is 9.47 Å². The van der Waals surface area contributed by atoms with Gasteiger partial charge in [0.1, 0.15) is 24.7 Å². The van der Waals surface area contributed by atoms with Gasteiger partial charge in [0.15, 0.2) is 0 Å². The van der Waals surface area contributed by atoms with Crippen LogP contribution in [0, 0.1) is 11.8 Å². The monoisotopic (exact) mass is 286 g/mol. The first kappa shape index (κ1) is 14.3. The summed E-state index contributed by atoms with van der Waals surface area (Å²) < 4.78 is 11.3. The summed E-state index contributed by atoms with van der Waals surface area (Å²) in [6.07, 6.45) is 0. The normalized spacial score (nSPS) is 9.45. The Hall–Kier alpha value is -2.11. The molecule has 3 heteroatoms. The van der Waals surface area contributed by atoms with Gasteiger partial charge in [-0.05, 0) is 24.3 Å². The van der Waals surface area contributed by atoms with Crippen LogP contribution in [0.25, 0.3) is 0 Å². The second kappa shape index (κ2) is 8.14. The van der Waals surface area contributed by atoms with Gasteiger partial charge < -0.3 is 9.47 Å². The lowest BCUT2D eigenvalue weighted by molar-refractivity contribution is 0.217. The van der Waals surface area contributed by atoms with Crippen LogP contribution in [0.15, 0.2) is 54.6 Å². The van der Waals surface area contributed by atoms with Crippen LogP contribution in [-0.2, 0) is 0 Å². The molecule has 0 bridgehead atoms. The molecule has 0 fully saturated rings. The number of rotatable bonds is 5. The first-order chi connectivity index (χ1) is 9.90.